The minimum absolute atomic E-state index is 0.0163. The summed E-state index contributed by atoms with van der Waals surface area (Å²) in [5.74, 6) is -1.07. The number of likely N-dealkylation sites (tertiary alicyclic amines) is 1. The molecule has 0 spiro atoms. The monoisotopic (exact) mass is 270 g/mol. The molecule has 6 nitrogen and oxygen atoms in total. The maximum absolute atomic E-state index is 12.5. The van der Waals surface area contributed by atoms with Crippen molar-refractivity contribution in [3.05, 3.63) is 0 Å². The first-order valence-electron chi connectivity index (χ1n) is 6.88. The SMILES string of the molecule is CC1COCCN1C(=O)N1CCC(C(=O)O)CC1C. The molecular weight excluding hydrogens is 248 g/mol. The summed E-state index contributed by atoms with van der Waals surface area (Å²) in [6, 6.07) is 0.0928. The molecule has 1 N–H and O–H groups in total. The molecule has 2 aliphatic heterocycles. The normalized spacial score (nSPS) is 32.2. The van der Waals surface area contributed by atoms with E-state index < -0.39 is 5.97 Å². The molecular formula is C13H22N2O4. The van der Waals surface area contributed by atoms with E-state index in [0.717, 1.165) is 0 Å². The molecule has 19 heavy (non-hydrogen) atoms. The van der Waals surface area contributed by atoms with Crippen LogP contribution < -0.4 is 0 Å². The standard InChI is InChI=1S/C13H22N2O4/c1-9-7-11(12(16)17)3-4-14(9)13(18)15-5-6-19-8-10(15)2/h9-11H,3-8H2,1-2H3,(H,16,17). The summed E-state index contributed by atoms with van der Waals surface area (Å²) < 4.78 is 5.33. The summed E-state index contributed by atoms with van der Waals surface area (Å²) in [6.07, 6.45) is 1.09. The van der Waals surface area contributed by atoms with Crippen LogP contribution in [0.3, 0.4) is 0 Å². The van der Waals surface area contributed by atoms with Crippen molar-refractivity contribution in [2.24, 2.45) is 5.92 Å². The maximum atomic E-state index is 12.5. The number of hydrogen-bond donors (Lipinski definition) is 1. The Labute approximate surface area is 113 Å². The van der Waals surface area contributed by atoms with Gasteiger partial charge in [-0.15, -0.1) is 0 Å². The van der Waals surface area contributed by atoms with Crippen molar-refractivity contribution in [3.8, 4) is 0 Å². The Morgan fingerprint density at radius 3 is 2.42 bits per heavy atom. The Kier molecular flexibility index (Phi) is 4.29. The molecule has 2 saturated heterocycles. The smallest absolute Gasteiger partial charge is 0.320 e. The second-order valence-corrected chi connectivity index (χ2v) is 5.50. The Morgan fingerprint density at radius 2 is 1.84 bits per heavy atom. The summed E-state index contributed by atoms with van der Waals surface area (Å²) in [6.45, 7) is 6.21. The maximum Gasteiger partial charge on any atom is 0.320 e. The van der Waals surface area contributed by atoms with Crippen LogP contribution in [-0.2, 0) is 9.53 Å². The number of carboxylic acid groups (broad SMARTS) is 1. The predicted octanol–water partition coefficient (Wildman–Crippen LogP) is 1.01. The molecule has 0 bridgehead atoms. The lowest BCUT2D eigenvalue weighted by atomic mass is 9.92. The molecule has 0 aromatic heterocycles. The molecule has 6 heteroatoms. The van der Waals surface area contributed by atoms with Gasteiger partial charge in [0.2, 0.25) is 0 Å². The number of ether oxygens (including phenoxy) is 1. The topological polar surface area (TPSA) is 70.1 Å². The van der Waals surface area contributed by atoms with E-state index in [2.05, 4.69) is 0 Å². The van der Waals surface area contributed by atoms with E-state index in [-0.39, 0.29) is 24.0 Å². The van der Waals surface area contributed by atoms with Gasteiger partial charge in [0.1, 0.15) is 0 Å². The molecule has 0 radical (unpaired) electrons. The van der Waals surface area contributed by atoms with Gasteiger partial charge >= 0.3 is 12.0 Å². The van der Waals surface area contributed by atoms with Crippen LogP contribution in [0, 0.1) is 5.92 Å². The second-order valence-electron chi connectivity index (χ2n) is 5.50. The van der Waals surface area contributed by atoms with Crippen LogP contribution >= 0.6 is 0 Å². The number of aliphatic carboxylic acids is 1. The van der Waals surface area contributed by atoms with E-state index in [9.17, 15) is 9.59 Å². The molecule has 3 unspecified atom stereocenters. The van der Waals surface area contributed by atoms with E-state index in [1.165, 1.54) is 0 Å². The average molecular weight is 270 g/mol. The molecule has 0 saturated carbocycles. The molecule has 0 aromatic rings. The highest BCUT2D eigenvalue weighted by atomic mass is 16.5. The van der Waals surface area contributed by atoms with Crippen LogP contribution in [0.4, 0.5) is 4.79 Å². The summed E-state index contributed by atoms with van der Waals surface area (Å²) >= 11 is 0. The van der Waals surface area contributed by atoms with Crippen LogP contribution in [0.15, 0.2) is 0 Å². The van der Waals surface area contributed by atoms with Crippen LogP contribution in [0.2, 0.25) is 0 Å². The van der Waals surface area contributed by atoms with E-state index in [0.29, 0.717) is 39.1 Å². The number of hydrogen-bond acceptors (Lipinski definition) is 3. The van der Waals surface area contributed by atoms with E-state index in [4.69, 9.17) is 9.84 Å². The Morgan fingerprint density at radius 1 is 1.16 bits per heavy atom. The van der Waals surface area contributed by atoms with Gasteiger partial charge in [-0.25, -0.2) is 4.79 Å². The van der Waals surface area contributed by atoms with Crippen molar-refractivity contribution in [2.45, 2.75) is 38.8 Å². The average Bonchev–Trinajstić information content (AvgIpc) is 2.38. The molecule has 3 atom stereocenters. The fraction of sp³-hybridized carbons (Fsp3) is 0.846. The molecule has 2 rings (SSSR count). The number of amides is 2. The molecule has 0 aliphatic carbocycles. The Hall–Kier alpha value is -1.30. The largest absolute Gasteiger partial charge is 0.481 e. The number of nitrogens with zero attached hydrogens (tertiary/aromatic N) is 2. The van der Waals surface area contributed by atoms with Crippen molar-refractivity contribution in [3.63, 3.8) is 0 Å². The Balaban J connectivity index is 1.98. The number of piperidine rings is 1. The zero-order valence-electron chi connectivity index (χ0n) is 11.5. The highest BCUT2D eigenvalue weighted by molar-refractivity contribution is 5.76. The zero-order chi connectivity index (χ0) is 14.0. The number of carboxylic acids is 1. The zero-order valence-corrected chi connectivity index (χ0v) is 11.5. The molecule has 2 amide bonds. The van der Waals surface area contributed by atoms with Crippen molar-refractivity contribution >= 4 is 12.0 Å². The second kappa shape index (κ2) is 5.77. The lowest BCUT2D eigenvalue weighted by Crippen LogP contribution is -2.56. The van der Waals surface area contributed by atoms with Crippen LogP contribution in [0.1, 0.15) is 26.7 Å². The third-order valence-corrected chi connectivity index (χ3v) is 4.08. The molecule has 0 aromatic carbocycles. The summed E-state index contributed by atoms with van der Waals surface area (Å²) in [7, 11) is 0. The van der Waals surface area contributed by atoms with Gasteiger partial charge in [0, 0.05) is 19.1 Å². The van der Waals surface area contributed by atoms with Crippen molar-refractivity contribution in [2.75, 3.05) is 26.3 Å². The first-order valence-corrected chi connectivity index (χ1v) is 6.88. The quantitative estimate of drug-likeness (QED) is 0.772. The minimum atomic E-state index is -0.751. The van der Waals surface area contributed by atoms with E-state index in [1.54, 1.807) is 4.90 Å². The first kappa shape index (κ1) is 14.1. The lowest BCUT2D eigenvalue weighted by Gasteiger charge is -2.42. The first-order chi connectivity index (χ1) is 9.00. The third-order valence-electron chi connectivity index (χ3n) is 4.08. The molecule has 2 heterocycles. The number of urea groups is 1. The lowest BCUT2D eigenvalue weighted by molar-refractivity contribution is -0.143. The number of morpholine rings is 1. The van der Waals surface area contributed by atoms with Crippen molar-refractivity contribution in [1.29, 1.82) is 0 Å². The summed E-state index contributed by atoms with van der Waals surface area (Å²) in [5.41, 5.74) is 0. The summed E-state index contributed by atoms with van der Waals surface area (Å²) in [4.78, 5) is 27.1. The third kappa shape index (κ3) is 3.00. The van der Waals surface area contributed by atoms with Crippen molar-refractivity contribution in [1.82, 2.24) is 9.80 Å². The highest BCUT2D eigenvalue weighted by Gasteiger charge is 2.35. The number of carbonyl (C=O) groups is 2. The number of carbonyl (C=O) groups excluding carboxylic acids is 1. The van der Waals surface area contributed by atoms with Crippen LogP contribution in [0.25, 0.3) is 0 Å². The van der Waals surface area contributed by atoms with Gasteiger partial charge in [0.05, 0.1) is 25.2 Å². The number of rotatable bonds is 1. The predicted molar refractivity (Wildman–Crippen MR) is 68.9 cm³/mol. The highest BCUT2D eigenvalue weighted by Crippen LogP contribution is 2.25. The van der Waals surface area contributed by atoms with Crippen LogP contribution in [0.5, 0.6) is 0 Å². The van der Waals surface area contributed by atoms with Gasteiger partial charge in [-0.2, -0.15) is 0 Å². The molecule has 2 aliphatic rings. The minimum Gasteiger partial charge on any atom is -0.481 e. The fourth-order valence-corrected chi connectivity index (χ4v) is 2.86. The van der Waals surface area contributed by atoms with Gasteiger partial charge in [-0.05, 0) is 26.7 Å². The molecule has 108 valence electrons. The Bertz CT molecular complexity index is 361. The van der Waals surface area contributed by atoms with E-state index in [1.807, 2.05) is 18.7 Å². The van der Waals surface area contributed by atoms with Gasteiger partial charge in [0.15, 0.2) is 0 Å². The fourth-order valence-electron chi connectivity index (χ4n) is 2.86. The van der Waals surface area contributed by atoms with Crippen LogP contribution in [-0.4, -0.2) is 65.3 Å². The van der Waals surface area contributed by atoms with Gasteiger partial charge in [-0.3, -0.25) is 4.79 Å². The van der Waals surface area contributed by atoms with Gasteiger partial charge in [0.25, 0.3) is 0 Å². The van der Waals surface area contributed by atoms with Gasteiger partial charge in [-0.1, -0.05) is 0 Å². The molecule has 2 fully saturated rings. The summed E-state index contributed by atoms with van der Waals surface area (Å²) in [5, 5.41) is 9.04. The van der Waals surface area contributed by atoms with Gasteiger partial charge < -0.3 is 19.6 Å². The van der Waals surface area contributed by atoms with E-state index >= 15 is 0 Å². The van der Waals surface area contributed by atoms with Crippen molar-refractivity contribution < 1.29 is 19.4 Å².